The Labute approximate surface area is 113 Å². The lowest BCUT2D eigenvalue weighted by atomic mass is 10.0. The van der Waals surface area contributed by atoms with E-state index in [2.05, 4.69) is 5.32 Å². The van der Waals surface area contributed by atoms with Crippen LogP contribution in [0.1, 0.15) is 25.7 Å². The molecule has 1 aromatic rings. The van der Waals surface area contributed by atoms with Crippen LogP contribution in [0.4, 0.5) is 5.69 Å². The van der Waals surface area contributed by atoms with E-state index in [-0.39, 0.29) is 12.5 Å². The van der Waals surface area contributed by atoms with Crippen molar-refractivity contribution in [3.8, 4) is 5.75 Å². The second kappa shape index (κ2) is 4.76. The Bertz CT molecular complexity index is 479. The molecule has 4 heteroatoms. The summed E-state index contributed by atoms with van der Waals surface area (Å²) >= 11 is 0. The Morgan fingerprint density at radius 2 is 2.11 bits per heavy atom. The Morgan fingerprint density at radius 1 is 1.37 bits per heavy atom. The fourth-order valence-corrected chi connectivity index (χ4v) is 2.67. The molecule has 1 aromatic carbocycles. The molecule has 4 nitrogen and oxygen atoms in total. The van der Waals surface area contributed by atoms with Crippen LogP contribution < -0.4 is 15.8 Å². The molecule has 0 aliphatic heterocycles. The summed E-state index contributed by atoms with van der Waals surface area (Å²) in [7, 11) is 0. The van der Waals surface area contributed by atoms with Crippen molar-refractivity contribution in [3.63, 3.8) is 0 Å². The van der Waals surface area contributed by atoms with Gasteiger partial charge in [-0.25, -0.2) is 0 Å². The predicted octanol–water partition coefficient (Wildman–Crippen LogP) is 1.95. The second-order valence-electron chi connectivity index (χ2n) is 5.74. The van der Waals surface area contributed by atoms with Gasteiger partial charge in [0.1, 0.15) is 5.75 Å². The molecule has 0 aromatic heterocycles. The van der Waals surface area contributed by atoms with E-state index in [1.165, 1.54) is 25.7 Å². The Kier molecular flexibility index (Phi) is 3.09. The Balaban J connectivity index is 1.43. The molecule has 0 spiro atoms. The third kappa shape index (κ3) is 2.83. The molecule has 19 heavy (non-hydrogen) atoms. The minimum Gasteiger partial charge on any atom is -0.482 e. The SMILES string of the molecule is Nc1ccccc1OCC(=O)NCC1(C2CC2)CC1. The van der Waals surface area contributed by atoms with Crippen molar-refractivity contribution < 1.29 is 9.53 Å². The largest absolute Gasteiger partial charge is 0.482 e. The molecule has 2 aliphatic rings. The number of nitrogens with two attached hydrogens (primary N) is 1. The van der Waals surface area contributed by atoms with Crippen LogP contribution in [-0.4, -0.2) is 19.1 Å². The zero-order valence-corrected chi connectivity index (χ0v) is 11.0. The number of para-hydroxylation sites is 2. The second-order valence-corrected chi connectivity index (χ2v) is 5.74. The number of carbonyl (C=O) groups excluding carboxylic acids is 1. The lowest BCUT2D eigenvalue weighted by Crippen LogP contribution is -2.34. The van der Waals surface area contributed by atoms with E-state index in [0.717, 1.165) is 12.5 Å². The highest BCUT2D eigenvalue weighted by molar-refractivity contribution is 5.77. The van der Waals surface area contributed by atoms with Crippen LogP contribution in [0.15, 0.2) is 24.3 Å². The van der Waals surface area contributed by atoms with Crippen LogP contribution in [0.25, 0.3) is 0 Å². The smallest absolute Gasteiger partial charge is 0.257 e. The summed E-state index contributed by atoms with van der Waals surface area (Å²) < 4.78 is 5.42. The van der Waals surface area contributed by atoms with E-state index in [4.69, 9.17) is 10.5 Å². The predicted molar refractivity (Wildman–Crippen MR) is 73.8 cm³/mol. The number of hydrogen-bond acceptors (Lipinski definition) is 3. The van der Waals surface area contributed by atoms with Gasteiger partial charge in [0.2, 0.25) is 0 Å². The molecular formula is C15H20N2O2. The van der Waals surface area contributed by atoms with Gasteiger partial charge in [-0.3, -0.25) is 4.79 Å². The number of ether oxygens (including phenoxy) is 1. The number of anilines is 1. The molecule has 0 atom stereocenters. The molecule has 0 bridgehead atoms. The van der Waals surface area contributed by atoms with E-state index >= 15 is 0 Å². The van der Waals surface area contributed by atoms with Gasteiger partial charge in [0.15, 0.2) is 6.61 Å². The molecule has 2 aliphatic carbocycles. The van der Waals surface area contributed by atoms with E-state index in [9.17, 15) is 4.79 Å². The first-order valence-corrected chi connectivity index (χ1v) is 6.94. The van der Waals surface area contributed by atoms with Gasteiger partial charge in [-0.2, -0.15) is 0 Å². The van der Waals surface area contributed by atoms with Crippen LogP contribution >= 0.6 is 0 Å². The van der Waals surface area contributed by atoms with Gasteiger partial charge in [-0.15, -0.1) is 0 Å². The highest BCUT2D eigenvalue weighted by atomic mass is 16.5. The molecule has 3 N–H and O–H groups in total. The van der Waals surface area contributed by atoms with E-state index < -0.39 is 0 Å². The number of amides is 1. The van der Waals surface area contributed by atoms with Crippen LogP contribution in [-0.2, 0) is 4.79 Å². The van der Waals surface area contributed by atoms with E-state index in [1.54, 1.807) is 12.1 Å². The maximum absolute atomic E-state index is 11.8. The first-order valence-electron chi connectivity index (χ1n) is 6.94. The Morgan fingerprint density at radius 3 is 2.74 bits per heavy atom. The molecule has 0 saturated heterocycles. The highest BCUT2D eigenvalue weighted by Gasteiger charge is 2.53. The monoisotopic (exact) mass is 260 g/mol. The first-order chi connectivity index (χ1) is 9.20. The fraction of sp³-hybridized carbons (Fsp3) is 0.533. The number of benzene rings is 1. The van der Waals surface area contributed by atoms with Gasteiger partial charge in [0.05, 0.1) is 5.69 Å². The normalized spacial score (nSPS) is 19.8. The fourth-order valence-electron chi connectivity index (χ4n) is 2.67. The molecule has 0 unspecified atom stereocenters. The zero-order valence-electron chi connectivity index (χ0n) is 11.0. The lowest BCUT2D eigenvalue weighted by Gasteiger charge is -2.15. The topological polar surface area (TPSA) is 64.3 Å². The van der Waals surface area contributed by atoms with Crippen molar-refractivity contribution >= 4 is 11.6 Å². The van der Waals surface area contributed by atoms with Crippen molar-refractivity contribution in [3.05, 3.63) is 24.3 Å². The summed E-state index contributed by atoms with van der Waals surface area (Å²) in [4.78, 5) is 11.8. The molecule has 3 rings (SSSR count). The van der Waals surface area contributed by atoms with Crippen molar-refractivity contribution in [2.75, 3.05) is 18.9 Å². The van der Waals surface area contributed by atoms with Gasteiger partial charge in [0.25, 0.3) is 5.91 Å². The first kappa shape index (κ1) is 12.3. The van der Waals surface area contributed by atoms with Crippen molar-refractivity contribution in [2.45, 2.75) is 25.7 Å². The van der Waals surface area contributed by atoms with Crippen molar-refractivity contribution in [2.24, 2.45) is 11.3 Å². The third-order valence-corrected chi connectivity index (χ3v) is 4.25. The highest BCUT2D eigenvalue weighted by Crippen LogP contribution is 2.60. The number of nitrogen functional groups attached to an aromatic ring is 1. The average molecular weight is 260 g/mol. The third-order valence-electron chi connectivity index (χ3n) is 4.25. The molecule has 0 radical (unpaired) electrons. The van der Waals surface area contributed by atoms with Crippen LogP contribution in [0.5, 0.6) is 5.75 Å². The molecule has 0 heterocycles. The molecule has 1 amide bonds. The minimum atomic E-state index is -0.0600. The molecule has 2 fully saturated rings. The molecule has 102 valence electrons. The summed E-state index contributed by atoms with van der Waals surface area (Å²) in [6.07, 6.45) is 5.22. The summed E-state index contributed by atoms with van der Waals surface area (Å²) in [5, 5.41) is 2.99. The van der Waals surface area contributed by atoms with Gasteiger partial charge in [-0.1, -0.05) is 12.1 Å². The van der Waals surface area contributed by atoms with Crippen LogP contribution in [0.3, 0.4) is 0 Å². The zero-order chi connectivity index (χ0) is 13.3. The number of nitrogens with one attached hydrogen (secondary N) is 1. The summed E-state index contributed by atoms with van der Waals surface area (Å²) in [5.41, 5.74) is 6.75. The number of rotatable bonds is 6. The van der Waals surface area contributed by atoms with Gasteiger partial charge in [0, 0.05) is 6.54 Å². The minimum absolute atomic E-state index is 0.0367. The van der Waals surface area contributed by atoms with E-state index in [1.807, 2.05) is 12.1 Å². The van der Waals surface area contributed by atoms with Gasteiger partial charge >= 0.3 is 0 Å². The summed E-state index contributed by atoms with van der Waals surface area (Å²) in [6.45, 7) is 0.846. The maximum atomic E-state index is 11.8. The number of hydrogen-bond donors (Lipinski definition) is 2. The average Bonchev–Trinajstić information content (AvgIpc) is 3.28. The maximum Gasteiger partial charge on any atom is 0.257 e. The van der Waals surface area contributed by atoms with Crippen LogP contribution in [0, 0.1) is 11.3 Å². The van der Waals surface area contributed by atoms with Crippen LogP contribution in [0.2, 0.25) is 0 Å². The number of carbonyl (C=O) groups is 1. The Hall–Kier alpha value is -1.71. The lowest BCUT2D eigenvalue weighted by molar-refractivity contribution is -0.123. The van der Waals surface area contributed by atoms with Gasteiger partial charge < -0.3 is 15.8 Å². The standard InChI is InChI=1S/C15H20N2O2/c16-12-3-1-2-4-13(12)19-9-14(18)17-10-15(7-8-15)11-5-6-11/h1-4,11H,5-10,16H2,(H,17,18). The van der Waals surface area contributed by atoms with Gasteiger partial charge in [-0.05, 0) is 49.1 Å². The summed E-state index contributed by atoms with van der Waals surface area (Å²) in [6, 6.07) is 7.22. The van der Waals surface area contributed by atoms with Crippen molar-refractivity contribution in [1.29, 1.82) is 0 Å². The molecular weight excluding hydrogens is 240 g/mol. The quantitative estimate of drug-likeness (QED) is 0.768. The van der Waals surface area contributed by atoms with E-state index in [0.29, 0.717) is 16.9 Å². The summed E-state index contributed by atoms with van der Waals surface area (Å²) in [5.74, 6) is 1.37. The molecule has 2 saturated carbocycles. The van der Waals surface area contributed by atoms with Crippen molar-refractivity contribution in [1.82, 2.24) is 5.32 Å².